The number of hydrogen-bond acceptors (Lipinski definition) is 2. The Labute approximate surface area is 136 Å². The monoisotopic (exact) mass is 313 g/mol. The number of nitrogens with one attached hydrogen (secondary N) is 1. The molecule has 1 N–H and O–H groups in total. The number of ketones is 1. The van der Waals surface area contributed by atoms with Gasteiger partial charge in [-0.15, -0.1) is 0 Å². The summed E-state index contributed by atoms with van der Waals surface area (Å²) in [6.45, 7) is 2.26. The zero-order valence-electron chi connectivity index (χ0n) is 12.5. The van der Waals surface area contributed by atoms with Crippen LogP contribution < -0.4 is 5.32 Å². The quantitative estimate of drug-likeness (QED) is 0.848. The predicted molar refractivity (Wildman–Crippen MR) is 90.6 cm³/mol. The lowest BCUT2D eigenvalue weighted by atomic mass is 9.96. The Kier molecular flexibility index (Phi) is 4.91. The molecule has 22 heavy (non-hydrogen) atoms. The van der Waals surface area contributed by atoms with Crippen molar-refractivity contribution < 1.29 is 4.79 Å². The normalized spacial score (nSPS) is 17.6. The molecule has 1 fully saturated rings. The maximum atomic E-state index is 12.2. The number of Topliss-reactive ketones (excluding diaryl/α,β-unsaturated/α-hetero) is 1. The van der Waals surface area contributed by atoms with Gasteiger partial charge in [-0.3, -0.25) is 4.79 Å². The molecule has 1 aliphatic rings. The summed E-state index contributed by atoms with van der Waals surface area (Å²) in [7, 11) is 0. The maximum Gasteiger partial charge on any atom is 0.167 e. The molecule has 0 spiro atoms. The molecule has 3 heteroatoms. The lowest BCUT2D eigenvalue weighted by molar-refractivity contribution is 0.0993. The van der Waals surface area contributed by atoms with E-state index < -0.39 is 0 Å². The highest BCUT2D eigenvalue weighted by atomic mass is 35.5. The van der Waals surface area contributed by atoms with E-state index >= 15 is 0 Å². The highest BCUT2D eigenvalue weighted by molar-refractivity contribution is 6.30. The van der Waals surface area contributed by atoms with E-state index in [1.807, 2.05) is 0 Å². The first kappa shape index (κ1) is 15.3. The van der Waals surface area contributed by atoms with Gasteiger partial charge in [-0.25, -0.2) is 0 Å². The summed E-state index contributed by atoms with van der Waals surface area (Å²) in [5, 5.41) is 4.05. The van der Waals surface area contributed by atoms with Gasteiger partial charge in [0, 0.05) is 17.0 Å². The molecule has 0 aliphatic carbocycles. The fraction of sp³-hybridized carbons (Fsp3) is 0.316. The Balaban J connectivity index is 1.60. The van der Waals surface area contributed by atoms with Crippen LogP contribution in [0.15, 0.2) is 48.5 Å². The van der Waals surface area contributed by atoms with Crippen LogP contribution in [0.2, 0.25) is 5.02 Å². The first-order valence-corrected chi connectivity index (χ1v) is 8.16. The molecule has 1 atom stereocenters. The molecule has 1 aliphatic heterocycles. The molecule has 2 aromatic carbocycles. The Morgan fingerprint density at radius 3 is 2.36 bits per heavy atom. The molecule has 0 amide bonds. The first-order chi connectivity index (χ1) is 10.7. The van der Waals surface area contributed by atoms with E-state index in [0.717, 1.165) is 31.0 Å². The molecule has 1 saturated heterocycles. The van der Waals surface area contributed by atoms with Crippen molar-refractivity contribution in [2.75, 3.05) is 13.1 Å². The van der Waals surface area contributed by atoms with Crippen LogP contribution in [0, 0.1) is 5.92 Å². The van der Waals surface area contributed by atoms with Gasteiger partial charge in [0.15, 0.2) is 5.78 Å². The van der Waals surface area contributed by atoms with E-state index in [-0.39, 0.29) is 5.78 Å². The molecular formula is C19H20ClNO. The summed E-state index contributed by atoms with van der Waals surface area (Å²) in [5.41, 5.74) is 3.13. The molecule has 2 nitrogen and oxygen atoms in total. The standard InChI is InChI=1S/C19H20ClNO/c20-18-7-5-17(6-8-18)19(22)12-15-3-1-14(2-4-15)11-16-9-10-21-13-16/h1-8,16,21H,9-13H2. The van der Waals surface area contributed by atoms with Crippen molar-refractivity contribution in [2.24, 2.45) is 5.92 Å². The average molecular weight is 314 g/mol. The van der Waals surface area contributed by atoms with Crippen molar-refractivity contribution in [3.05, 3.63) is 70.2 Å². The van der Waals surface area contributed by atoms with Crippen LogP contribution in [0.25, 0.3) is 0 Å². The molecule has 1 heterocycles. The van der Waals surface area contributed by atoms with E-state index in [9.17, 15) is 4.79 Å². The van der Waals surface area contributed by atoms with Crippen molar-refractivity contribution in [1.82, 2.24) is 5.32 Å². The molecular weight excluding hydrogens is 294 g/mol. The van der Waals surface area contributed by atoms with E-state index in [1.165, 1.54) is 12.0 Å². The lowest BCUT2D eigenvalue weighted by Gasteiger charge is -2.09. The molecule has 0 radical (unpaired) electrons. The van der Waals surface area contributed by atoms with Crippen LogP contribution in [0.5, 0.6) is 0 Å². The third kappa shape index (κ3) is 3.96. The summed E-state index contributed by atoms with van der Waals surface area (Å²) < 4.78 is 0. The number of carbonyl (C=O) groups excluding carboxylic acids is 1. The maximum absolute atomic E-state index is 12.2. The number of halogens is 1. The summed E-state index contributed by atoms with van der Waals surface area (Å²) in [4.78, 5) is 12.2. The Morgan fingerprint density at radius 2 is 1.73 bits per heavy atom. The zero-order valence-corrected chi connectivity index (χ0v) is 13.3. The lowest BCUT2D eigenvalue weighted by Crippen LogP contribution is -2.10. The topological polar surface area (TPSA) is 29.1 Å². The Bertz CT molecular complexity index is 627. The Hall–Kier alpha value is -1.64. The van der Waals surface area contributed by atoms with Crippen LogP contribution in [0.4, 0.5) is 0 Å². The highest BCUT2D eigenvalue weighted by Crippen LogP contribution is 2.17. The summed E-state index contributed by atoms with van der Waals surface area (Å²) in [5.74, 6) is 0.881. The van der Waals surface area contributed by atoms with Crippen molar-refractivity contribution in [2.45, 2.75) is 19.3 Å². The minimum atomic E-state index is 0.129. The minimum Gasteiger partial charge on any atom is -0.316 e. The number of hydrogen-bond donors (Lipinski definition) is 1. The average Bonchev–Trinajstić information content (AvgIpc) is 3.03. The van der Waals surface area contributed by atoms with Gasteiger partial charge in [-0.05, 0) is 67.2 Å². The van der Waals surface area contributed by atoms with Gasteiger partial charge in [0.05, 0.1) is 0 Å². The van der Waals surface area contributed by atoms with Gasteiger partial charge in [0.25, 0.3) is 0 Å². The van der Waals surface area contributed by atoms with Crippen molar-refractivity contribution in [1.29, 1.82) is 0 Å². The number of benzene rings is 2. The van der Waals surface area contributed by atoms with E-state index in [2.05, 4.69) is 29.6 Å². The van der Waals surface area contributed by atoms with Crippen molar-refractivity contribution in [3.63, 3.8) is 0 Å². The zero-order chi connectivity index (χ0) is 15.4. The third-order valence-electron chi connectivity index (χ3n) is 4.24. The van der Waals surface area contributed by atoms with Gasteiger partial charge in [0.1, 0.15) is 0 Å². The van der Waals surface area contributed by atoms with Crippen LogP contribution in [0.1, 0.15) is 27.9 Å². The van der Waals surface area contributed by atoms with Crippen LogP contribution in [0.3, 0.4) is 0 Å². The second kappa shape index (κ2) is 7.08. The van der Waals surface area contributed by atoms with Crippen LogP contribution in [-0.2, 0) is 12.8 Å². The summed E-state index contributed by atoms with van der Waals surface area (Å²) in [6.07, 6.45) is 2.82. The van der Waals surface area contributed by atoms with Gasteiger partial charge < -0.3 is 5.32 Å². The predicted octanol–water partition coefficient (Wildman–Crippen LogP) is 3.92. The van der Waals surface area contributed by atoms with Gasteiger partial charge in [-0.2, -0.15) is 0 Å². The first-order valence-electron chi connectivity index (χ1n) is 7.78. The Morgan fingerprint density at radius 1 is 1.05 bits per heavy atom. The number of carbonyl (C=O) groups is 1. The van der Waals surface area contributed by atoms with Gasteiger partial charge in [-0.1, -0.05) is 35.9 Å². The molecule has 3 rings (SSSR count). The fourth-order valence-electron chi connectivity index (χ4n) is 2.94. The fourth-order valence-corrected chi connectivity index (χ4v) is 3.06. The van der Waals surface area contributed by atoms with Crippen molar-refractivity contribution >= 4 is 17.4 Å². The van der Waals surface area contributed by atoms with Crippen molar-refractivity contribution in [3.8, 4) is 0 Å². The second-order valence-electron chi connectivity index (χ2n) is 5.99. The molecule has 0 bridgehead atoms. The van der Waals surface area contributed by atoms with Gasteiger partial charge >= 0.3 is 0 Å². The SMILES string of the molecule is O=C(Cc1ccc(CC2CCNC2)cc1)c1ccc(Cl)cc1. The number of rotatable bonds is 5. The largest absolute Gasteiger partial charge is 0.316 e. The third-order valence-corrected chi connectivity index (χ3v) is 4.49. The van der Waals surface area contributed by atoms with E-state index in [1.54, 1.807) is 24.3 Å². The van der Waals surface area contributed by atoms with Gasteiger partial charge in [0.2, 0.25) is 0 Å². The van der Waals surface area contributed by atoms with E-state index in [4.69, 9.17) is 11.6 Å². The smallest absolute Gasteiger partial charge is 0.167 e. The second-order valence-corrected chi connectivity index (χ2v) is 6.42. The summed E-state index contributed by atoms with van der Waals surface area (Å²) in [6, 6.07) is 15.5. The van der Waals surface area contributed by atoms with E-state index in [0.29, 0.717) is 17.0 Å². The molecule has 114 valence electrons. The molecule has 0 aromatic heterocycles. The summed E-state index contributed by atoms with van der Waals surface area (Å²) >= 11 is 5.85. The molecule has 1 unspecified atom stereocenters. The highest BCUT2D eigenvalue weighted by Gasteiger charge is 2.14. The molecule has 0 saturated carbocycles. The molecule has 2 aromatic rings. The minimum absolute atomic E-state index is 0.129. The van der Waals surface area contributed by atoms with Crippen LogP contribution >= 0.6 is 11.6 Å². The van der Waals surface area contributed by atoms with Crippen LogP contribution in [-0.4, -0.2) is 18.9 Å².